The minimum Gasteiger partial charge on any atom is -0.456 e. The Morgan fingerprint density at radius 3 is 2.15 bits per heavy atom. The van der Waals surface area contributed by atoms with Crippen molar-refractivity contribution in [1.29, 1.82) is 5.26 Å². The van der Waals surface area contributed by atoms with Gasteiger partial charge in [0, 0.05) is 32.0 Å². The second kappa shape index (κ2) is 23.6. The molecule has 8 atom stereocenters. The van der Waals surface area contributed by atoms with Gasteiger partial charge in [-0.2, -0.15) is 5.26 Å². The van der Waals surface area contributed by atoms with Crippen LogP contribution in [0.25, 0.3) is 0 Å². The zero-order valence-corrected chi connectivity index (χ0v) is 38.7. The molecule has 0 aromatic heterocycles. The summed E-state index contributed by atoms with van der Waals surface area (Å²) in [6.45, 7) is 17.8. The van der Waals surface area contributed by atoms with Crippen LogP contribution in [-0.4, -0.2) is 119 Å². The highest BCUT2D eigenvalue weighted by Crippen LogP contribution is 2.25. The standard InChI is InChI=1S/C46H68N6O10/c1-14-27(5)38-41(56)50-46(10,11)45(60)62-39(28(6)15-2)30(8)35(53)21-16-29(7)44(59)61-36(22-26(3)4)40(55)48-31(9)42(57)52(13)34(43(58)51(12)25-37(54)49-38)23-32-17-19-33(24-47)20-18-32/h15-20,26-27,30-31,34-36,38-39,53H,14,21-23,25H2,1-13H3,(H,48,55)(H,49,54)(H,50,56)/b28-15+,29-16+/t27-,30+,31+,34-,35+,36-,38+,39-/m1/s1. The molecular weight excluding hydrogens is 797 g/mol. The van der Waals surface area contributed by atoms with Gasteiger partial charge >= 0.3 is 11.9 Å². The van der Waals surface area contributed by atoms with Crippen molar-refractivity contribution in [3.05, 3.63) is 58.7 Å². The number of rotatable bonds is 7. The molecule has 1 aromatic carbocycles. The molecule has 5 amide bonds. The highest BCUT2D eigenvalue weighted by atomic mass is 16.6. The van der Waals surface area contributed by atoms with Gasteiger partial charge in [-0.1, -0.05) is 65.3 Å². The lowest BCUT2D eigenvalue weighted by atomic mass is 9.90. The Balaban J connectivity index is 2.68. The molecule has 0 unspecified atom stereocenters. The minimum atomic E-state index is -1.60. The molecule has 0 fully saturated rings. The van der Waals surface area contributed by atoms with E-state index in [1.54, 1.807) is 58.0 Å². The lowest BCUT2D eigenvalue weighted by Gasteiger charge is -2.34. The van der Waals surface area contributed by atoms with E-state index < -0.39 is 102 Å². The fourth-order valence-corrected chi connectivity index (χ4v) is 6.76. The average molecular weight is 865 g/mol. The van der Waals surface area contributed by atoms with Crippen LogP contribution in [0.15, 0.2) is 47.6 Å². The summed E-state index contributed by atoms with van der Waals surface area (Å²) >= 11 is 0. The number of allylic oxidation sites excluding steroid dienone is 1. The number of aliphatic hydroxyl groups excluding tert-OH is 1. The smallest absolute Gasteiger partial charge is 0.334 e. The molecule has 1 aromatic rings. The molecule has 1 heterocycles. The number of nitrogens with one attached hydrogen (secondary N) is 3. The molecular formula is C46H68N6O10. The van der Waals surface area contributed by atoms with Crippen molar-refractivity contribution in [3.63, 3.8) is 0 Å². The van der Waals surface area contributed by atoms with Crippen LogP contribution in [0.3, 0.4) is 0 Å². The number of cyclic esters (lactones) is 2. The molecule has 0 saturated carbocycles. The van der Waals surface area contributed by atoms with E-state index in [0.717, 1.165) is 4.90 Å². The number of benzene rings is 1. The quantitative estimate of drug-likeness (QED) is 0.229. The molecule has 0 radical (unpaired) electrons. The van der Waals surface area contributed by atoms with Crippen LogP contribution in [0, 0.1) is 29.1 Å². The number of carbonyl (C=O) groups is 7. The molecule has 0 aliphatic carbocycles. The van der Waals surface area contributed by atoms with Crippen LogP contribution in [0.5, 0.6) is 0 Å². The van der Waals surface area contributed by atoms with Crippen LogP contribution in [0.4, 0.5) is 0 Å². The Morgan fingerprint density at radius 2 is 1.60 bits per heavy atom. The van der Waals surface area contributed by atoms with Crippen molar-refractivity contribution in [3.8, 4) is 6.07 Å². The van der Waals surface area contributed by atoms with E-state index in [2.05, 4.69) is 16.0 Å². The summed E-state index contributed by atoms with van der Waals surface area (Å²) in [5.74, 6) is -6.19. The summed E-state index contributed by atoms with van der Waals surface area (Å²) in [4.78, 5) is 98.9. The van der Waals surface area contributed by atoms with Crippen LogP contribution < -0.4 is 16.0 Å². The first-order valence-electron chi connectivity index (χ1n) is 21.2. The van der Waals surface area contributed by atoms with E-state index in [9.17, 15) is 43.9 Å². The van der Waals surface area contributed by atoms with Crippen molar-refractivity contribution in [2.24, 2.45) is 17.8 Å². The SMILES string of the molecule is C/C=C(\C)[C@H]1OC(=O)C(C)(C)NC(=O)[C@H]([C@H](C)CC)NC(=O)CN(C)C(=O)[C@@H](Cc2ccc(C#N)cc2)N(C)C(=O)[C@H](C)NC(=O)[C@@H](CC(C)C)OC(=O)/C(C)=C/C[C@H](O)[C@@H]1C. The van der Waals surface area contributed by atoms with Crippen molar-refractivity contribution < 1.29 is 48.1 Å². The fraction of sp³-hybridized carbons (Fsp3) is 0.609. The summed E-state index contributed by atoms with van der Waals surface area (Å²) in [7, 11) is 2.78. The third-order valence-corrected chi connectivity index (χ3v) is 11.3. The third-order valence-electron chi connectivity index (χ3n) is 11.3. The first-order valence-corrected chi connectivity index (χ1v) is 21.2. The number of hydrogen-bond donors (Lipinski definition) is 4. The molecule has 16 nitrogen and oxygen atoms in total. The molecule has 1 aliphatic heterocycles. The molecule has 4 N–H and O–H groups in total. The van der Waals surface area contributed by atoms with Crippen molar-refractivity contribution in [1.82, 2.24) is 25.8 Å². The van der Waals surface area contributed by atoms with Gasteiger partial charge in [-0.25, -0.2) is 9.59 Å². The summed E-state index contributed by atoms with van der Waals surface area (Å²) < 4.78 is 11.6. The molecule has 1 aliphatic rings. The van der Waals surface area contributed by atoms with E-state index >= 15 is 0 Å². The summed E-state index contributed by atoms with van der Waals surface area (Å²) in [6.07, 6.45) is 0.394. The lowest BCUT2D eigenvalue weighted by molar-refractivity contribution is -0.159. The third kappa shape index (κ3) is 14.8. The van der Waals surface area contributed by atoms with Gasteiger partial charge in [0.2, 0.25) is 23.6 Å². The van der Waals surface area contributed by atoms with E-state index in [-0.39, 0.29) is 30.8 Å². The zero-order valence-electron chi connectivity index (χ0n) is 38.7. The van der Waals surface area contributed by atoms with Gasteiger partial charge in [0.15, 0.2) is 6.10 Å². The minimum absolute atomic E-state index is 0.0242. The lowest BCUT2D eigenvalue weighted by Crippen LogP contribution is -2.60. The molecule has 342 valence electrons. The topological polar surface area (TPSA) is 225 Å². The van der Waals surface area contributed by atoms with E-state index in [1.165, 1.54) is 52.8 Å². The Bertz CT molecular complexity index is 1880. The van der Waals surface area contributed by atoms with Gasteiger partial charge in [-0.05, 0) is 89.5 Å². The Kier molecular flexibility index (Phi) is 20.0. The number of nitrogens with zero attached hydrogens (tertiary/aromatic N) is 3. The predicted octanol–water partition coefficient (Wildman–Crippen LogP) is 3.50. The van der Waals surface area contributed by atoms with Crippen molar-refractivity contribution >= 4 is 41.5 Å². The van der Waals surface area contributed by atoms with Crippen molar-refractivity contribution in [2.75, 3.05) is 20.6 Å². The van der Waals surface area contributed by atoms with Crippen LogP contribution >= 0.6 is 0 Å². The van der Waals surface area contributed by atoms with Gasteiger partial charge < -0.3 is 40.3 Å². The summed E-state index contributed by atoms with van der Waals surface area (Å²) in [5.41, 5.74) is 0.127. The monoisotopic (exact) mass is 864 g/mol. The molecule has 16 heteroatoms. The van der Waals surface area contributed by atoms with Gasteiger partial charge in [-0.15, -0.1) is 0 Å². The highest BCUT2D eigenvalue weighted by Gasteiger charge is 2.40. The van der Waals surface area contributed by atoms with Gasteiger partial charge in [0.1, 0.15) is 29.8 Å². The van der Waals surface area contributed by atoms with E-state index in [0.29, 0.717) is 23.1 Å². The predicted molar refractivity (Wildman–Crippen MR) is 232 cm³/mol. The molecule has 62 heavy (non-hydrogen) atoms. The number of carbonyl (C=O) groups excluding carboxylic acids is 7. The number of aliphatic hydroxyl groups is 1. The van der Waals surface area contributed by atoms with Gasteiger partial charge in [0.05, 0.1) is 24.3 Å². The number of esters is 2. The van der Waals surface area contributed by atoms with Crippen LogP contribution in [0.2, 0.25) is 0 Å². The molecule has 0 spiro atoms. The molecule has 0 bridgehead atoms. The average Bonchev–Trinajstić information content (AvgIpc) is 3.22. The Hall–Kier alpha value is -5.56. The Morgan fingerprint density at radius 1 is 0.984 bits per heavy atom. The zero-order chi connectivity index (χ0) is 47.2. The largest absolute Gasteiger partial charge is 0.456 e. The molecule has 0 saturated heterocycles. The highest BCUT2D eigenvalue weighted by molar-refractivity contribution is 5.96. The van der Waals surface area contributed by atoms with Crippen molar-refractivity contribution in [2.45, 2.75) is 144 Å². The number of amides is 5. The maximum Gasteiger partial charge on any atom is 0.334 e. The second-order valence-corrected chi connectivity index (χ2v) is 17.4. The first-order chi connectivity index (χ1) is 28.9. The van der Waals surface area contributed by atoms with Crippen LogP contribution in [0.1, 0.15) is 107 Å². The number of hydrogen-bond acceptors (Lipinski definition) is 11. The van der Waals surface area contributed by atoms with E-state index in [4.69, 9.17) is 9.47 Å². The first kappa shape index (κ1) is 52.6. The summed E-state index contributed by atoms with van der Waals surface area (Å²) in [6, 6.07) is 4.96. The maximum absolute atomic E-state index is 14.2. The summed E-state index contributed by atoms with van der Waals surface area (Å²) in [5, 5.41) is 28.7. The fourth-order valence-electron chi connectivity index (χ4n) is 6.76. The molecule has 2 rings (SSSR count). The van der Waals surface area contributed by atoms with Gasteiger partial charge in [-0.3, -0.25) is 24.0 Å². The van der Waals surface area contributed by atoms with Gasteiger partial charge in [0.25, 0.3) is 5.91 Å². The number of nitriles is 1. The number of ether oxygens (including phenoxy) is 2. The normalized spacial score (nSPS) is 27.5. The maximum atomic E-state index is 14.2. The number of likely N-dealkylation sites (N-methyl/N-ethyl adjacent to an activating group) is 2. The van der Waals surface area contributed by atoms with Crippen LogP contribution in [-0.2, 0) is 49.5 Å². The Labute approximate surface area is 366 Å². The van der Waals surface area contributed by atoms with E-state index in [1.807, 2.05) is 26.8 Å². The second-order valence-electron chi connectivity index (χ2n) is 17.4.